The van der Waals surface area contributed by atoms with E-state index in [1.165, 1.54) is 13.0 Å². The van der Waals surface area contributed by atoms with Crippen molar-refractivity contribution in [2.75, 3.05) is 15.8 Å². The minimum Gasteiger partial charge on any atom is -0.399 e. The lowest BCUT2D eigenvalue weighted by Crippen LogP contribution is -2.13. The lowest BCUT2D eigenvalue weighted by molar-refractivity contribution is -0.114. The molecule has 0 fully saturated rings. The van der Waals surface area contributed by atoms with E-state index in [1.807, 2.05) is 0 Å². The van der Waals surface area contributed by atoms with Crippen molar-refractivity contribution in [2.24, 2.45) is 0 Å². The van der Waals surface area contributed by atoms with Crippen LogP contribution in [0.5, 0.6) is 0 Å². The largest absolute Gasteiger partial charge is 0.399 e. The third kappa shape index (κ3) is 3.89. The molecule has 8 nitrogen and oxygen atoms in total. The zero-order valence-corrected chi connectivity index (χ0v) is 13.8. The Balaban J connectivity index is 2.25. The second-order valence-electron chi connectivity index (χ2n) is 3.90. The molecule has 0 aliphatic carbocycles. The second-order valence-corrected chi connectivity index (χ2v) is 7.59. The number of rotatable bonds is 4. The summed E-state index contributed by atoms with van der Waals surface area (Å²) >= 11 is 3.97. The topological polar surface area (TPSA) is 127 Å². The molecule has 0 radical (unpaired) electrons. The molecular formula is C10H10BrN5O3S2. The highest BCUT2D eigenvalue weighted by Gasteiger charge is 2.21. The highest BCUT2D eigenvalue weighted by atomic mass is 79.9. The minimum atomic E-state index is -3.89. The molecule has 2 rings (SSSR count). The van der Waals surface area contributed by atoms with Crippen molar-refractivity contribution in [3.05, 3.63) is 22.7 Å². The van der Waals surface area contributed by atoms with Gasteiger partial charge in [0, 0.05) is 17.1 Å². The number of sulfonamides is 1. The van der Waals surface area contributed by atoms with Crippen molar-refractivity contribution < 1.29 is 13.2 Å². The Bertz CT molecular complexity index is 790. The molecule has 0 bridgehead atoms. The first kappa shape index (κ1) is 15.7. The summed E-state index contributed by atoms with van der Waals surface area (Å²) in [6.45, 7) is 1.29. The summed E-state index contributed by atoms with van der Waals surface area (Å²) in [6.07, 6.45) is 0. The van der Waals surface area contributed by atoms with Crippen molar-refractivity contribution >= 4 is 59.7 Å². The second kappa shape index (κ2) is 5.95. The number of amides is 1. The van der Waals surface area contributed by atoms with Crippen LogP contribution in [0.4, 0.5) is 16.5 Å². The third-order valence-corrected chi connectivity index (χ3v) is 5.38. The Labute approximate surface area is 132 Å². The van der Waals surface area contributed by atoms with Gasteiger partial charge in [0.25, 0.3) is 14.4 Å². The summed E-state index contributed by atoms with van der Waals surface area (Å²) in [5.74, 6) is -0.357. The summed E-state index contributed by atoms with van der Waals surface area (Å²) < 4.78 is 26.9. The van der Waals surface area contributed by atoms with E-state index in [0.717, 1.165) is 11.3 Å². The summed E-state index contributed by atoms with van der Waals surface area (Å²) in [5.41, 5.74) is 6.40. The first-order valence-electron chi connectivity index (χ1n) is 5.47. The third-order valence-electron chi connectivity index (χ3n) is 2.16. The molecule has 1 aromatic carbocycles. The number of benzene rings is 1. The Morgan fingerprint density at radius 1 is 1.38 bits per heavy atom. The molecular weight excluding hydrogens is 382 g/mol. The molecule has 0 unspecified atom stereocenters. The predicted molar refractivity (Wildman–Crippen MR) is 83.6 cm³/mol. The smallest absolute Gasteiger partial charge is 0.291 e. The maximum Gasteiger partial charge on any atom is 0.291 e. The number of anilines is 3. The summed E-state index contributed by atoms with van der Waals surface area (Å²) in [6, 6.07) is 4.65. The van der Waals surface area contributed by atoms with Crippen LogP contribution in [0.25, 0.3) is 0 Å². The molecule has 0 aliphatic heterocycles. The van der Waals surface area contributed by atoms with E-state index in [9.17, 15) is 13.2 Å². The lowest BCUT2D eigenvalue weighted by Gasteiger charge is -2.07. The number of aromatic nitrogens is 2. The Hall–Kier alpha value is -1.72. The average Bonchev–Trinajstić information content (AvgIpc) is 2.81. The molecule has 1 amide bonds. The Morgan fingerprint density at radius 3 is 2.71 bits per heavy atom. The highest BCUT2D eigenvalue weighted by molar-refractivity contribution is 9.10. The van der Waals surface area contributed by atoms with Gasteiger partial charge in [0.1, 0.15) is 0 Å². The normalized spacial score (nSPS) is 11.1. The molecule has 0 spiro atoms. The number of nitrogens with one attached hydrogen (secondary N) is 2. The zero-order valence-electron chi connectivity index (χ0n) is 10.6. The van der Waals surface area contributed by atoms with Crippen LogP contribution in [0.1, 0.15) is 6.92 Å². The lowest BCUT2D eigenvalue weighted by atomic mass is 10.3. The van der Waals surface area contributed by atoms with Crippen LogP contribution in [-0.2, 0) is 14.8 Å². The molecule has 11 heteroatoms. The molecule has 2 aromatic rings. The summed E-state index contributed by atoms with van der Waals surface area (Å²) in [7, 11) is -3.89. The van der Waals surface area contributed by atoms with Gasteiger partial charge in [-0.2, -0.15) is 8.42 Å². The van der Waals surface area contributed by atoms with Crippen LogP contribution < -0.4 is 15.8 Å². The summed E-state index contributed by atoms with van der Waals surface area (Å²) in [4.78, 5) is 10.9. The molecule has 4 N–H and O–H groups in total. The van der Waals surface area contributed by atoms with Gasteiger partial charge >= 0.3 is 0 Å². The molecule has 0 saturated carbocycles. The van der Waals surface area contributed by atoms with Crippen molar-refractivity contribution in [3.8, 4) is 0 Å². The predicted octanol–water partition coefficient (Wildman–Crippen LogP) is 1.64. The number of nitrogen functional groups attached to an aromatic ring is 1. The number of halogens is 1. The van der Waals surface area contributed by atoms with E-state index in [1.54, 1.807) is 12.1 Å². The first-order valence-corrected chi connectivity index (χ1v) is 8.56. The molecule has 1 heterocycles. The SMILES string of the molecule is CC(=O)Nc1nnc(S(=O)(=O)Nc2ccc(N)cc2Br)s1. The zero-order chi connectivity index (χ0) is 15.6. The van der Waals surface area contributed by atoms with Gasteiger partial charge in [-0.1, -0.05) is 11.3 Å². The van der Waals surface area contributed by atoms with E-state index in [0.29, 0.717) is 15.8 Å². The van der Waals surface area contributed by atoms with Crippen LogP contribution in [0.15, 0.2) is 27.0 Å². The van der Waals surface area contributed by atoms with Crippen molar-refractivity contribution in [1.82, 2.24) is 10.2 Å². The molecule has 0 aliphatic rings. The first-order chi connectivity index (χ1) is 9.78. The molecule has 112 valence electrons. The van der Waals surface area contributed by atoms with Crippen LogP contribution in [0.3, 0.4) is 0 Å². The van der Waals surface area contributed by atoms with Gasteiger partial charge in [-0.05, 0) is 34.1 Å². The van der Waals surface area contributed by atoms with Gasteiger partial charge in [0.15, 0.2) is 0 Å². The maximum absolute atomic E-state index is 12.2. The van der Waals surface area contributed by atoms with Crippen LogP contribution >= 0.6 is 27.3 Å². The van der Waals surface area contributed by atoms with E-state index < -0.39 is 10.0 Å². The van der Waals surface area contributed by atoms with Gasteiger partial charge in [-0.25, -0.2) is 0 Å². The Kier molecular flexibility index (Phi) is 4.44. The summed E-state index contributed by atoms with van der Waals surface area (Å²) in [5, 5.41) is 9.61. The van der Waals surface area contributed by atoms with Gasteiger partial charge in [0.05, 0.1) is 5.69 Å². The molecule has 1 aromatic heterocycles. The standard InChI is InChI=1S/C10H10BrN5O3S2/c1-5(17)13-9-14-15-10(20-9)21(18,19)16-8-3-2-6(12)4-7(8)11/h2-4,16H,12H2,1H3,(H,13,14,17). The fraction of sp³-hybridized carbons (Fsp3) is 0.100. The van der Waals surface area contributed by atoms with E-state index in [4.69, 9.17) is 5.73 Å². The van der Waals surface area contributed by atoms with Crippen LogP contribution in [0, 0.1) is 0 Å². The number of carbonyl (C=O) groups is 1. The molecule has 21 heavy (non-hydrogen) atoms. The quantitative estimate of drug-likeness (QED) is 0.536. The molecule has 0 atom stereocenters. The fourth-order valence-electron chi connectivity index (χ4n) is 1.32. The van der Waals surface area contributed by atoms with Gasteiger partial charge < -0.3 is 11.1 Å². The van der Waals surface area contributed by atoms with Crippen LogP contribution in [-0.4, -0.2) is 24.5 Å². The van der Waals surface area contributed by atoms with Crippen LogP contribution in [0.2, 0.25) is 0 Å². The number of nitrogens with zero attached hydrogens (tertiary/aromatic N) is 2. The average molecular weight is 392 g/mol. The number of carbonyl (C=O) groups excluding carboxylic acids is 1. The van der Waals surface area contributed by atoms with Crippen molar-refractivity contribution in [1.29, 1.82) is 0 Å². The Morgan fingerprint density at radius 2 is 2.10 bits per heavy atom. The number of hydrogen-bond acceptors (Lipinski definition) is 7. The maximum atomic E-state index is 12.2. The van der Waals surface area contributed by atoms with Crippen molar-refractivity contribution in [3.63, 3.8) is 0 Å². The van der Waals surface area contributed by atoms with E-state index in [-0.39, 0.29) is 15.4 Å². The van der Waals surface area contributed by atoms with Gasteiger partial charge in [-0.15, -0.1) is 10.2 Å². The van der Waals surface area contributed by atoms with Gasteiger partial charge in [0.2, 0.25) is 11.0 Å². The molecule has 0 saturated heterocycles. The highest BCUT2D eigenvalue weighted by Crippen LogP contribution is 2.28. The van der Waals surface area contributed by atoms with Crippen molar-refractivity contribution in [2.45, 2.75) is 11.3 Å². The van der Waals surface area contributed by atoms with E-state index in [2.05, 4.69) is 36.2 Å². The number of nitrogens with two attached hydrogens (primary N) is 1. The van der Waals surface area contributed by atoms with Gasteiger partial charge in [-0.3, -0.25) is 9.52 Å². The minimum absolute atomic E-state index is 0.110. The monoisotopic (exact) mass is 391 g/mol. The van der Waals surface area contributed by atoms with E-state index >= 15 is 0 Å². The number of hydrogen-bond donors (Lipinski definition) is 3. The fourth-order valence-corrected chi connectivity index (χ4v) is 3.98.